The van der Waals surface area contributed by atoms with Crippen LogP contribution in [0.4, 0.5) is 0 Å². The minimum absolute atomic E-state index is 0.138. The van der Waals surface area contributed by atoms with Crippen LogP contribution in [0.25, 0.3) is 0 Å². The Morgan fingerprint density at radius 1 is 1.39 bits per heavy atom. The molecule has 2 heterocycles. The van der Waals surface area contributed by atoms with Gasteiger partial charge < -0.3 is 24.0 Å². The maximum Gasteiger partial charge on any atom is 0.247 e. The predicted molar refractivity (Wildman–Crippen MR) is 109 cm³/mol. The molecule has 3 atom stereocenters. The van der Waals surface area contributed by atoms with Gasteiger partial charge in [0, 0.05) is 30.9 Å². The summed E-state index contributed by atoms with van der Waals surface area (Å²) in [5, 5.41) is 10.2. The molecule has 0 bridgehead atoms. The largest absolute Gasteiger partial charge is 0.490 e. The van der Waals surface area contributed by atoms with E-state index in [2.05, 4.69) is 18.0 Å². The maximum atomic E-state index is 13.0. The van der Waals surface area contributed by atoms with E-state index in [0.29, 0.717) is 36.0 Å². The molecule has 1 aliphatic carbocycles. The molecule has 7 heteroatoms. The van der Waals surface area contributed by atoms with E-state index in [1.54, 1.807) is 7.11 Å². The lowest BCUT2D eigenvalue weighted by Gasteiger charge is -2.35. The second-order valence-electron chi connectivity index (χ2n) is 8.11. The first-order chi connectivity index (χ1) is 13.4. The van der Waals surface area contributed by atoms with Crippen LogP contribution in [0.3, 0.4) is 0 Å². The predicted octanol–water partition coefficient (Wildman–Crippen LogP) is 3.55. The van der Waals surface area contributed by atoms with Crippen LogP contribution in [0.1, 0.15) is 37.8 Å². The smallest absolute Gasteiger partial charge is 0.247 e. The fourth-order valence-electron chi connectivity index (χ4n) is 4.76. The zero-order valence-electron chi connectivity index (χ0n) is 17.1. The zero-order valence-corrected chi connectivity index (χ0v) is 18.0. The van der Waals surface area contributed by atoms with Crippen molar-refractivity contribution >= 4 is 7.37 Å². The molecule has 4 rings (SSSR count). The molecule has 28 heavy (non-hydrogen) atoms. The lowest BCUT2D eigenvalue weighted by molar-refractivity contribution is 0.0820. The summed E-state index contributed by atoms with van der Waals surface area (Å²) in [6, 6.07) is 1.99. The number of nitrogens with zero attached hydrogens (tertiary/aromatic N) is 1. The van der Waals surface area contributed by atoms with Crippen molar-refractivity contribution in [2.24, 2.45) is 0 Å². The normalized spacial score (nSPS) is 28.9. The van der Waals surface area contributed by atoms with E-state index >= 15 is 0 Å². The van der Waals surface area contributed by atoms with Crippen LogP contribution >= 0.6 is 7.37 Å². The quantitative estimate of drug-likeness (QED) is 0.595. The highest BCUT2D eigenvalue weighted by molar-refractivity contribution is 7.59. The molecule has 0 amide bonds. The fraction of sp³-hybridized carbons (Fsp3) is 0.619. The minimum atomic E-state index is -2.77. The highest BCUT2D eigenvalue weighted by Gasteiger charge is 2.53. The Bertz CT molecular complexity index is 846. The van der Waals surface area contributed by atoms with Gasteiger partial charge in [0.1, 0.15) is 6.10 Å². The average Bonchev–Trinajstić information content (AvgIpc) is 2.93. The van der Waals surface area contributed by atoms with Crippen molar-refractivity contribution in [3.05, 3.63) is 29.3 Å². The Hall–Kier alpha value is -1.49. The number of aliphatic hydroxyl groups is 1. The summed E-state index contributed by atoms with van der Waals surface area (Å²) in [5.41, 5.74) is 1.99. The third-order valence-electron chi connectivity index (χ3n) is 6.43. The molecule has 3 aliphatic rings. The van der Waals surface area contributed by atoms with E-state index in [1.807, 2.05) is 26.0 Å². The van der Waals surface area contributed by atoms with Gasteiger partial charge in [0.15, 0.2) is 11.5 Å². The van der Waals surface area contributed by atoms with Crippen molar-refractivity contribution in [1.29, 1.82) is 0 Å². The average molecular weight is 407 g/mol. The topological polar surface area (TPSA) is 68.2 Å². The van der Waals surface area contributed by atoms with Gasteiger partial charge in [0.25, 0.3) is 0 Å². The van der Waals surface area contributed by atoms with E-state index < -0.39 is 13.5 Å². The number of methoxy groups -OCH3 is 1. The zero-order chi connectivity index (χ0) is 20.1. The van der Waals surface area contributed by atoms with Gasteiger partial charge in [0.05, 0.1) is 18.6 Å². The Morgan fingerprint density at radius 3 is 2.82 bits per heavy atom. The van der Waals surface area contributed by atoms with Gasteiger partial charge >= 0.3 is 0 Å². The summed E-state index contributed by atoms with van der Waals surface area (Å²) < 4.78 is 31.2. The molecule has 0 saturated heterocycles. The van der Waals surface area contributed by atoms with E-state index in [1.165, 1.54) is 0 Å². The molecule has 1 spiro atoms. The standard InChI is InChI=1S/C21H30NO5P/c1-5-28(24,6-2)27-16-11-14-13-22(3)10-9-21-8-7-15(23)12-17(21)26-20(18(14)21)19(16)25-4/h7-8,11,15,17,23H,5-6,9-10,12-13H2,1-4H3. The molecule has 1 N–H and O–H groups in total. The van der Waals surface area contributed by atoms with Crippen LogP contribution in [0.15, 0.2) is 18.2 Å². The van der Waals surface area contributed by atoms with Crippen molar-refractivity contribution < 1.29 is 23.7 Å². The second kappa shape index (κ2) is 7.08. The Kier molecular flexibility index (Phi) is 5.01. The summed E-state index contributed by atoms with van der Waals surface area (Å²) >= 11 is 0. The van der Waals surface area contributed by atoms with Crippen LogP contribution < -0.4 is 14.0 Å². The summed E-state index contributed by atoms with van der Waals surface area (Å²) in [6.07, 6.45) is 5.80. The molecule has 0 radical (unpaired) electrons. The first-order valence-electron chi connectivity index (χ1n) is 10.1. The van der Waals surface area contributed by atoms with Gasteiger partial charge in [-0.15, -0.1) is 0 Å². The fourth-order valence-corrected chi connectivity index (χ4v) is 5.96. The number of rotatable bonds is 5. The van der Waals surface area contributed by atoms with Crippen LogP contribution in [0.5, 0.6) is 17.2 Å². The Morgan fingerprint density at radius 2 is 2.14 bits per heavy atom. The third kappa shape index (κ3) is 2.97. The summed E-state index contributed by atoms with van der Waals surface area (Å²) in [5.74, 6) is 1.70. The SMILES string of the molecule is CCP(=O)(CC)Oc1cc2c3c(c1OC)OC1CC(O)C=CC31CCN(C)C2. The van der Waals surface area contributed by atoms with E-state index in [9.17, 15) is 9.67 Å². The van der Waals surface area contributed by atoms with E-state index in [0.717, 1.165) is 30.6 Å². The Labute approximate surface area is 166 Å². The molecule has 3 unspecified atom stereocenters. The number of benzene rings is 1. The first-order valence-corrected chi connectivity index (χ1v) is 12.1. The van der Waals surface area contributed by atoms with Crippen molar-refractivity contribution in [3.8, 4) is 17.2 Å². The van der Waals surface area contributed by atoms with E-state index in [-0.39, 0.29) is 11.5 Å². The molecule has 0 saturated carbocycles. The molecule has 1 aromatic rings. The number of ether oxygens (including phenoxy) is 2. The van der Waals surface area contributed by atoms with Gasteiger partial charge in [-0.2, -0.15) is 0 Å². The third-order valence-corrected chi connectivity index (χ3v) is 8.89. The van der Waals surface area contributed by atoms with Crippen LogP contribution in [0.2, 0.25) is 0 Å². The number of hydrogen-bond donors (Lipinski definition) is 1. The molecule has 154 valence electrons. The van der Waals surface area contributed by atoms with Crippen molar-refractivity contribution in [2.45, 2.75) is 50.9 Å². The molecular weight excluding hydrogens is 377 g/mol. The molecule has 0 fully saturated rings. The monoisotopic (exact) mass is 407 g/mol. The lowest BCUT2D eigenvalue weighted by Crippen LogP contribution is -2.42. The molecular formula is C21H30NO5P. The summed E-state index contributed by atoms with van der Waals surface area (Å²) in [6.45, 7) is 5.47. The molecule has 0 aromatic heterocycles. The van der Waals surface area contributed by atoms with Gasteiger partial charge in [-0.05, 0) is 31.6 Å². The van der Waals surface area contributed by atoms with Crippen molar-refractivity contribution in [3.63, 3.8) is 0 Å². The Balaban J connectivity index is 1.91. The van der Waals surface area contributed by atoms with Crippen LogP contribution in [-0.4, -0.2) is 55.2 Å². The molecule has 2 aliphatic heterocycles. The summed E-state index contributed by atoms with van der Waals surface area (Å²) in [7, 11) is 0.934. The highest BCUT2D eigenvalue weighted by atomic mass is 31.2. The van der Waals surface area contributed by atoms with Crippen molar-refractivity contribution in [2.75, 3.05) is 33.0 Å². The number of aliphatic hydroxyl groups excluding tert-OH is 1. The first kappa shape index (κ1) is 19.8. The van der Waals surface area contributed by atoms with Gasteiger partial charge in [-0.1, -0.05) is 26.0 Å². The van der Waals surface area contributed by atoms with E-state index in [4.69, 9.17) is 14.0 Å². The highest BCUT2D eigenvalue weighted by Crippen LogP contribution is 2.60. The minimum Gasteiger partial charge on any atom is -0.490 e. The molecule has 6 nitrogen and oxygen atoms in total. The summed E-state index contributed by atoms with van der Waals surface area (Å²) in [4.78, 5) is 2.29. The maximum absolute atomic E-state index is 13.0. The molecule has 1 aromatic carbocycles. The van der Waals surface area contributed by atoms with Gasteiger partial charge in [-0.25, -0.2) is 0 Å². The van der Waals surface area contributed by atoms with Gasteiger partial charge in [0.2, 0.25) is 13.1 Å². The van der Waals surface area contributed by atoms with Crippen LogP contribution in [-0.2, 0) is 16.5 Å². The van der Waals surface area contributed by atoms with Crippen LogP contribution in [0, 0.1) is 0 Å². The lowest BCUT2D eigenvalue weighted by atomic mass is 9.69. The van der Waals surface area contributed by atoms with Crippen molar-refractivity contribution in [1.82, 2.24) is 4.90 Å². The second-order valence-corrected chi connectivity index (χ2v) is 11.2. The number of hydrogen-bond acceptors (Lipinski definition) is 6. The van der Waals surface area contributed by atoms with Gasteiger partial charge in [-0.3, -0.25) is 4.57 Å².